The second-order valence-electron chi connectivity index (χ2n) is 4.17. The smallest absolute Gasteiger partial charge is 0.304 e. The summed E-state index contributed by atoms with van der Waals surface area (Å²) in [4.78, 5) is 34.6. The minimum absolute atomic E-state index is 0.0783. The Bertz CT molecular complexity index is 558. The van der Waals surface area contributed by atoms with Gasteiger partial charge in [-0.1, -0.05) is 0 Å². The van der Waals surface area contributed by atoms with Gasteiger partial charge in [-0.2, -0.15) is 4.39 Å². The molecule has 0 unspecified atom stereocenters. The number of carbonyl (C=O) groups is 2. The largest absolute Gasteiger partial charge is 0.343 e. The molecule has 0 aliphatic rings. The number of halogens is 1. The zero-order valence-corrected chi connectivity index (χ0v) is 11.8. The molecule has 0 aliphatic carbocycles. The molecule has 1 aromatic rings. The third-order valence-corrected chi connectivity index (χ3v) is 2.92. The maximum absolute atomic E-state index is 13.4. The Hall–Kier alpha value is -2.51. The van der Waals surface area contributed by atoms with Crippen LogP contribution in [0.5, 0.6) is 0 Å². The first kappa shape index (κ1) is 16.5. The van der Waals surface area contributed by atoms with Gasteiger partial charge in [-0.3, -0.25) is 19.7 Å². The molecule has 1 N–H and O–H groups in total. The second kappa shape index (κ2) is 7.32. The fraction of sp³-hybridized carbons (Fsp3) is 0.385. The Morgan fingerprint density at radius 3 is 2.43 bits per heavy atom. The van der Waals surface area contributed by atoms with Crippen molar-refractivity contribution in [3.8, 4) is 0 Å². The molecule has 0 atom stereocenters. The van der Waals surface area contributed by atoms with E-state index in [4.69, 9.17) is 0 Å². The van der Waals surface area contributed by atoms with Gasteiger partial charge in [0, 0.05) is 24.7 Å². The Kier molecular flexibility index (Phi) is 5.77. The number of amides is 2. The van der Waals surface area contributed by atoms with Crippen molar-refractivity contribution in [1.82, 2.24) is 10.2 Å². The zero-order chi connectivity index (χ0) is 16.0. The number of rotatable bonds is 6. The lowest BCUT2D eigenvalue weighted by atomic mass is 10.2. The molecule has 7 nitrogen and oxygen atoms in total. The SMILES string of the molecule is CCN(CC)C(=O)CNC(=O)c1ccc([N+](=O)[O-])c(F)c1. The lowest BCUT2D eigenvalue weighted by molar-refractivity contribution is -0.387. The maximum atomic E-state index is 13.4. The highest BCUT2D eigenvalue weighted by Gasteiger charge is 2.17. The van der Waals surface area contributed by atoms with Crippen molar-refractivity contribution < 1.29 is 18.9 Å². The van der Waals surface area contributed by atoms with E-state index in [1.807, 2.05) is 13.8 Å². The third-order valence-electron chi connectivity index (χ3n) is 2.92. The Morgan fingerprint density at radius 2 is 1.95 bits per heavy atom. The van der Waals surface area contributed by atoms with Crippen LogP contribution in [0.15, 0.2) is 18.2 Å². The van der Waals surface area contributed by atoms with E-state index in [2.05, 4.69) is 5.32 Å². The molecule has 0 saturated heterocycles. The average Bonchev–Trinajstić information content (AvgIpc) is 2.45. The topological polar surface area (TPSA) is 92.6 Å². The number of nitro groups is 1. The van der Waals surface area contributed by atoms with Gasteiger partial charge in [-0.15, -0.1) is 0 Å². The number of likely N-dealkylation sites (N-methyl/N-ethyl adjacent to an activating group) is 1. The van der Waals surface area contributed by atoms with Crippen LogP contribution in [0.4, 0.5) is 10.1 Å². The van der Waals surface area contributed by atoms with E-state index in [0.29, 0.717) is 13.1 Å². The van der Waals surface area contributed by atoms with Crippen LogP contribution in [0.2, 0.25) is 0 Å². The Labute approximate surface area is 120 Å². The summed E-state index contributed by atoms with van der Waals surface area (Å²) >= 11 is 0. The van der Waals surface area contributed by atoms with Crippen molar-refractivity contribution in [2.75, 3.05) is 19.6 Å². The number of nitro benzene ring substituents is 1. The van der Waals surface area contributed by atoms with Crippen LogP contribution in [0.3, 0.4) is 0 Å². The van der Waals surface area contributed by atoms with Gasteiger partial charge in [-0.25, -0.2) is 0 Å². The predicted octanol–water partition coefficient (Wildman–Crippen LogP) is 1.33. The molecule has 0 bridgehead atoms. The van der Waals surface area contributed by atoms with Crippen molar-refractivity contribution in [2.24, 2.45) is 0 Å². The Balaban J connectivity index is 2.70. The van der Waals surface area contributed by atoms with Crippen LogP contribution in [0.1, 0.15) is 24.2 Å². The molecule has 0 fully saturated rings. The van der Waals surface area contributed by atoms with Crippen molar-refractivity contribution in [1.29, 1.82) is 0 Å². The zero-order valence-electron chi connectivity index (χ0n) is 11.8. The molecule has 0 radical (unpaired) electrons. The van der Waals surface area contributed by atoms with Gasteiger partial charge in [0.15, 0.2) is 0 Å². The first-order valence-corrected chi connectivity index (χ1v) is 6.40. The maximum Gasteiger partial charge on any atom is 0.304 e. The second-order valence-corrected chi connectivity index (χ2v) is 4.17. The molecule has 2 amide bonds. The van der Waals surface area contributed by atoms with Gasteiger partial charge >= 0.3 is 5.69 Å². The molecule has 0 aliphatic heterocycles. The molecule has 21 heavy (non-hydrogen) atoms. The lowest BCUT2D eigenvalue weighted by Gasteiger charge is -2.18. The van der Waals surface area contributed by atoms with Crippen LogP contribution in [0.25, 0.3) is 0 Å². The average molecular weight is 297 g/mol. The number of hydrogen-bond donors (Lipinski definition) is 1. The van der Waals surface area contributed by atoms with Crippen LogP contribution in [-0.4, -0.2) is 41.3 Å². The molecule has 0 aromatic heterocycles. The summed E-state index contributed by atoms with van der Waals surface area (Å²) in [5, 5.41) is 12.8. The van der Waals surface area contributed by atoms with E-state index in [1.165, 1.54) is 4.90 Å². The summed E-state index contributed by atoms with van der Waals surface area (Å²) in [5.74, 6) is -2.01. The van der Waals surface area contributed by atoms with E-state index in [1.54, 1.807) is 0 Å². The predicted molar refractivity (Wildman–Crippen MR) is 73.3 cm³/mol. The summed E-state index contributed by atoms with van der Waals surface area (Å²) in [6.07, 6.45) is 0. The Morgan fingerprint density at radius 1 is 1.33 bits per heavy atom. The van der Waals surface area contributed by atoms with Crippen molar-refractivity contribution in [3.63, 3.8) is 0 Å². The highest BCUT2D eigenvalue weighted by molar-refractivity contribution is 5.96. The molecule has 0 saturated carbocycles. The lowest BCUT2D eigenvalue weighted by Crippen LogP contribution is -2.40. The fourth-order valence-corrected chi connectivity index (χ4v) is 1.74. The van der Waals surface area contributed by atoms with Crippen molar-refractivity contribution in [3.05, 3.63) is 39.7 Å². The monoisotopic (exact) mass is 297 g/mol. The summed E-state index contributed by atoms with van der Waals surface area (Å²) in [6, 6.07) is 2.82. The third kappa shape index (κ3) is 4.23. The molecule has 114 valence electrons. The van der Waals surface area contributed by atoms with Crippen LogP contribution >= 0.6 is 0 Å². The summed E-state index contributed by atoms with van der Waals surface area (Å²) in [6.45, 7) is 4.47. The van der Waals surface area contributed by atoms with Crippen LogP contribution in [0, 0.1) is 15.9 Å². The normalized spacial score (nSPS) is 10.0. The molecule has 1 aromatic carbocycles. The van der Waals surface area contributed by atoms with E-state index >= 15 is 0 Å². The highest BCUT2D eigenvalue weighted by atomic mass is 19.1. The summed E-state index contributed by atoms with van der Waals surface area (Å²) in [5.41, 5.74) is -0.781. The minimum atomic E-state index is -1.09. The molecule has 8 heteroatoms. The summed E-state index contributed by atoms with van der Waals surface area (Å²) < 4.78 is 13.4. The van der Waals surface area contributed by atoms with E-state index in [9.17, 15) is 24.1 Å². The molecular formula is C13H16FN3O4. The van der Waals surface area contributed by atoms with Gasteiger partial charge in [0.25, 0.3) is 5.91 Å². The van der Waals surface area contributed by atoms with Gasteiger partial charge in [0.1, 0.15) is 0 Å². The van der Waals surface area contributed by atoms with Gasteiger partial charge in [0.05, 0.1) is 11.5 Å². The van der Waals surface area contributed by atoms with Crippen LogP contribution < -0.4 is 5.32 Å². The molecular weight excluding hydrogens is 281 g/mol. The number of nitrogens with zero attached hydrogens (tertiary/aromatic N) is 2. The number of hydrogen-bond acceptors (Lipinski definition) is 4. The van der Waals surface area contributed by atoms with Gasteiger partial charge in [0.2, 0.25) is 11.7 Å². The first-order chi connectivity index (χ1) is 9.90. The summed E-state index contributed by atoms with van der Waals surface area (Å²) in [7, 11) is 0. The molecule has 0 heterocycles. The standard InChI is InChI=1S/C13H16FN3O4/c1-3-16(4-2)12(18)8-15-13(19)9-5-6-11(17(20)21)10(14)7-9/h5-7H,3-4,8H2,1-2H3,(H,15,19). The van der Waals surface area contributed by atoms with Gasteiger partial charge in [-0.05, 0) is 26.0 Å². The van der Waals surface area contributed by atoms with E-state index < -0.39 is 22.3 Å². The molecule has 0 spiro atoms. The quantitative estimate of drug-likeness (QED) is 0.633. The van der Waals surface area contributed by atoms with Crippen molar-refractivity contribution >= 4 is 17.5 Å². The fourth-order valence-electron chi connectivity index (χ4n) is 1.74. The number of nitrogens with one attached hydrogen (secondary N) is 1. The first-order valence-electron chi connectivity index (χ1n) is 6.40. The number of benzene rings is 1. The minimum Gasteiger partial charge on any atom is -0.343 e. The van der Waals surface area contributed by atoms with E-state index in [-0.39, 0.29) is 18.0 Å². The molecule has 1 rings (SSSR count). The van der Waals surface area contributed by atoms with Crippen LogP contribution in [-0.2, 0) is 4.79 Å². The highest BCUT2D eigenvalue weighted by Crippen LogP contribution is 2.17. The van der Waals surface area contributed by atoms with E-state index in [0.717, 1.165) is 18.2 Å². The number of carbonyl (C=O) groups excluding carboxylic acids is 2. The van der Waals surface area contributed by atoms with Gasteiger partial charge < -0.3 is 10.2 Å². The van der Waals surface area contributed by atoms with Crippen molar-refractivity contribution in [2.45, 2.75) is 13.8 Å².